The molecule has 102 valence electrons. The highest BCUT2D eigenvalue weighted by molar-refractivity contribution is 5.65. The lowest BCUT2D eigenvalue weighted by Crippen LogP contribution is -2.24. The van der Waals surface area contributed by atoms with Gasteiger partial charge < -0.3 is 19.8 Å². The summed E-state index contributed by atoms with van der Waals surface area (Å²) in [5.74, 6) is 2.21. The van der Waals surface area contributed by atoms with Gasteiger partial charge in [-0.15, -0.1) is 0 Å². The molecule has 0 amide bonds. The molecule has 1 atom stereocenters. The molecule has 2 aromatic rings. The summed E-state index contributed by atoms with van der Waals surface area (Å²) in [4.78, 5) is 8.87. The Morgan fingerprint density at radius 1 is 1.53 bits per heavy atom. The van der Waals surface area contributed by atoms with Gasteiger partial charge in [0.05, 0.1) is 12.8 Å². The summed E-state index contributed by atoms with van der Waals surface area (Å²) in [6.07, 6.45) is 7.99. The van der Waals surface area contributed by atoms with Crippen molar-refractivity contribution in [1.29, 1.82) is 0 Å². The third-order valence-electron chi connectivity index (χ3n) is 3.44. The number of nitrogens with one attached hydrogen (secondary N) is 2. The average molecular weight is 261 g/mol. The standard InChI is InChI=1S/C13H19N5O/c1-14-11-8-18-5-4-15-13(18)12(17-11)16-7-10-3-2-6-19-9-10/h4-5,8,10,14H,2-3,6-7,9H2,1H3,(H,16,17). The van der Waals surface area contributed by atoms with Gasteiger partial charge in [0, 0.05) is 32.6 Å². The summed E-state index contributed by atoms with van der Waals surface area (Å²) in [5, 5.41) is 6.47. The second-order valence-corrected chi connectivity index (χ2v) is 4.85. The van der Waals surface area contributed by atoms with E-state index in [1.165, 1.54) is 6.42 Å². The average Bonchev–Trinajstić information content (AvgIpc) is 2.94. The zero-order valence-corrected chi connectivity index (χ0v) is 11.1. The Balaban J connectivity index is 1.77. The van der Waals surface area contributed by atoms with Crippen molar-refractivity contribution >= 4 is 17.3 Å². The first-order valence-corrected chi connectivity index (χ1v) is 6.70. The predicted molar refractivity (Wildman–Crippen MR) is 74.6 cm³/mol. The molecule has 1 saturated heterocycles. The second-order valence-electron chi connectivity index (χ2n) is 4.85. The lowest BCUT2D eigenvalue weighted by Gasteiger charge is -2.22. The SMILES string of the molecule is CNc1cn2ccnc2c(NCC2CCCOC2)n1. The fourth-order valence-corrected chi connectivity index (χ4v) is 2.38. The first-order chi connectivity index (χ1) is 9.36. The third kappa shape index (κ3) is 2.63. The number of hydrogen-bond donors (Lipinski definition) is 2. The number of imidazole rings is 1. The minimum Gasteiger partial charge on any atom is -0.381 e. The molecule has 0 spiro atoms. The molecule has 19 heavy (non-hydrogen) atoms. The number of nitrogens with zero attached hydrogens (tertiary/aromatic N) is 3. The highest BCUT2D eigenvalue weighted by Crippen LogP contribution is 2.18. The first-order valence-electron chi connectivity index (χ1n) is 6.70. The number of ether oxygens (including phenoxy) is 1. The Kier molecular flexibility index (Phi) is 3.50. The van der Waals surface area contributed by atoms with Crippen molar-refractivity contribution in [1.82, 2.24) is 14.4 Å². The van der Waals surface area contributed by atoms with Crippen molar-refractivity contribution < 1.29 is 4.74 Å². The smallest absolute Gasteiger partial charge is 0.180 e. The predicted octanol–water partition coefficient (Wildman–Crippen LogP) is 1.61. The molecule has 1 aliphatic heterocycles. The lowest BCUT2D eigenvalue weighted by molar-refractivity contribution is 0.0595. The van der Waals surface area contributed by atoms with Gasteiger partial charge in [0.1, 0.15) is 5.82 Å². The summed E-state index contributed by atoms with van der Waals surface area (Å²) in [6, 6.07) is 0. The second kappa shape index (κ2) is 5.44. The van der Waals surface area contributed by atoms with Crippen LogP contribution in [0.4, 0.5) is 11.6 Å². The van der Waals surface area contributed by atoms with Gasteiger partial charge >= 0.3 is 0 Å². The zero-order valence-electron chi connectivity index (χ0n) is 11.1. The Morgan fingerprint density at radius 2 is 2.47 bits per heavy atom. The van der Waals surface area contributed by atoms with Gasteiger partial charge in [0.15, 0.2) is 11.5 Å². The number of anilines is 2. The fourth-order valence-electron chi connectivity index (χ4n) is 2.38. The van der Waals surface area contributed by atoms with Gasteiger partial charge in [0.2, 0.25) is 0 Å². The van der Waals surface area contributed by atoms with E-state index in [1.807, 2.05) is 23.8 Å². The van der Waals surface area contributed by atoms with Crippen molar-refractivity contribution in [3.05, 3.63) is 18.6 Å². The van der Waals surface area contributed by atoms with E-state index in [4.69, 9.17) is 4.74 Å². The van der Waals surface area contributed by atoms with Crippen LogP contribution in [-0.4, -0.2) is 41.2 Å². The van der Waals surface area contributed by atoms with Crippen LogP contribution in [0.1, 0.15) is 12.8 Å². The van der Waals surface area contributed by atoms with E-state index in [0.717, 1.165) is 43.5 Å². The van der Waals surface area contributed by atoms with Gasteiger partial charge in [-0.05, 0) is 18.8 Å². The van der Waals surface area contributed by atoms with Crippen LogP contribution in [0, 0.1) is 5.92 Å². The van der Waals surface area contributed by atoms with Crippen LogP contribution in [0.5, 0.6) is 0 Å². The topological polar surface area (TPSA) is 63.5 Å². The van der Waals surface area contributed by atoms with Crippen LogP contribution < -0.4 is 10.6 Å². The van der Waals surface area contributed by atoms with E-state index in [2.05, 4.69) is 20.6 Å². The molecule has 0 radical (unpaired) electrons. The summed E-state index contributed by atoms with van der Waals surface area (Å²) >= 11 is 0. The van der Waals surface area contributed by atoms with E-state index in [1.54, 1.807) is 6.20 Å². The largest absolute Gasteiger partial charge is 0.381 e. The van der Waals surface area contributed by atoms with Crippen LogP contribution in [0.15, 0.2) is 18.6 Å². The maximum atomic E-state index is 5.49. The maximum Gasteiger partial charge on any atom is 0.180 e. The Bertz CT molecular complexity index is 547. The zero-order chi connectivity index (χ0) is 13.1. The molecule has 0 aliphatic carbocycles. The molecule has 2 aromatic heterocycles. The fraction of sp³-hybridized carbons (Fsp3) is 0.538. The van der Waals surface area contributed by atoms with E-state index in [9.17, 15) is 0 Å². The molecule has 1 fully saturated rings. The number of hydrogen-bond acceptors (Lipinski definition) is 5. The molecule has 2 N–H and O–H groups in total. The van der Waals surface area contributed by atoms with Crippen molar-refractivity contribution in [2.45, 2.75) is 12.8 Å². The highest BCUT2D eigenvalue weighted by atomic mass is 16.5. The molecule has 3 rings (SSSR count). The van der Waals surface area contributed by atoms with Crippen LogP contribution >= 0.6 is 0 Å². The van der Waals surface area contributed by atoms with E-state index < -0.39 is 0 Å². The Hall–Kier alpha value is -1.82. The summed E-state index contributed by atoms with van der Waals surface area (Å²) < 4.78 is 7.47. The quantitative estimate of drug-likeness (QED) is 0.875. The van der Waals surface area contributed by atoms with Gasteiger partial charge in [-0.1, -0.05) is 0 Å². The molecule has 1 unspecified atom stereocenters. The first kappa shape index (κ1) is 12.2. The highest BCUT2D eigenvalue weighted by Gasteiger charge is 2.15. The van der Waals surface area contributed by atoms with E-state index >= 15 is 0 Å². The van der Waals surface area contributed by atoms with Crippen molar-refractivity contribution in [3.8, 4) is 0 Å². The summed E-state index contributed by atoms with van der Waals surface area (Å²) in [6.45, 7) is 2.61. The monoisotopic (exact) mass is 261 g/mol. The Morgan fingerprint density at radius 3 is 3.26 bits per heavy atom. The molecule has 0 saturated carbocycles. The van der Waals surface area contributed by atoms with Crippen molar-refractivity contribution in [2.75, 3.05) is 37.4 Å². The normalized spacial score (nSPS) is 19.5. The minimum absolute atomic E-state index is 0.559. The van der Waals surface area contributed by atoms with Gasteiger partial charge in [-0.3, -0.25) is 0 Å². The molecular weight excluding hydrogens is 242 g/mol. The minimum atomic E-state index is 0.559. The molecular formula is C13H19N5O. The molecule has 6 nitrogen and oxygen atoms in total. The van der Waals surface area contributed by atoms with E-state index in [-0.39, 0.29) is 0 Å². The van der Waals surface area contributed by atoms with Gasteiger partial charge in [0.25, 0.3) is 0 Å². The number of rotatable bonds is 4. The van der Waals surface area contributed by atoms with Gasteiger partial charge in [-0.2, -0.15) is 0 Å². The van der Waals surface area contributed by atoms with Crippen LogP contribution in [-0.2, 0) is 4.74 Å². The molecule has 0 bridgehead atoms. The molecule has 0 aromatic carbocycles. The number of aromatic nitrogens is 3. The van der Waals surface area contributed by atoms with Crippen LogP contribution in [0.3, 0.4) is 0 Å². The lowest BCUT2D eigenvalue weighted by atomic mass is 10.0. The Labute approximate surface area is 112 Å². The van der Waals surface area contributed by atoms with Crippen LogP contribution in [0.2, 0.25) is 0 Å². The summed E-state index contributed by atoms with van der Waals surface area (Å²) in [7, 11) is 1.86. The molecule has 6 heteroatoms. The third-order valence-corrected chi connectivity index (χ3v) is 3.44. The number of fused-ring (bicyclic) bond motifs is 1. The van der Waals surface area contributed by atoms with Crippen molar-refractivity contribution in [3.63, 3.8) is 0 Å². The summed E-state index contributed by atoms with van der Waals surface area (Å²) in [5.41, 5.74) is 0.857. The molecule has 3 heterocycles. The molecule has 1 aliphatic rings. The van der Waals surface area contributed by atoms with Crippen LogP contribution in [0.25, 0.3) is 5.65 Å². The van der Waals surface area contributed by atoms with Crippen molar-refractivity contribution in [2.24, 2.45) is 5.92 Å². The van der Waals surface area contributed by atoms with E-state index in [0.29, 0.717) is 5.92 Å². The van der Waals surface area contributed by atoms with Gasteiger partial charge in [-0.25, -0.2) is 9.97 Å². The maximum absolute atomic E-state index is 5.49.